The highest BCUT2D eigenvalue weighted by atomic mass is 15.2. The first-order valence-electron chi connectivity index (χ1n) is 9.93. The van der Waals surface area contributed by atoms with Gasteiger partial charge in [0, 0.05) is 6.04 Å². The molecule has 2 radical (unpaired) electrons. The number of nitrogens with zero attached hydrogens (tertiary/aromatic N) is 1. The van der Waals surface area contributed by atoms with Crippen LogP contribution in [0.3, 0.4) is 0 Å². The highest BCUT2D eigenvalue weighted by molar-refractivity contribution is 6.08. The zero-order valence-electron chi connectivity index (χ0n) is 15.6. The molecule has 1 aromatic rings. The number of allylic oxidation sites excluding steroid dienone is 1. The van der Waals surface area contributed by atoms with Gasteiger partial charge in [0.1, 0.15) is 0 Å². The van der Waals surface area contributed by atoms with Crippen molar-refractivity contribution in [1.82, 2.24) is 4.90 Å². The molecule has 3 rings (SSSR count). The van der Waals surface area contributed by atoms with Crippen LogP contribution >= 0.6 is 0 Å². The van der Waals surface area contributed by atoms with E-state index in [4.69, 9.17) is 7.85 Å². The number of rotatable bonds is 6. The number of benzene rings is 1. The summed E-state index contributed by atoms with van der Waals surface area (Å²) in [5, 5.41) is 0. The van der Waals surface area contributed by atoms with Crippen LogP contribution in [0.5, 0.6) is 0 Å². The van der Waals surface area contributed by atoms with E-state index in [1.165, 1.54) is 64.5 Å². The molecule has 24 heavy (non-hydrogen) atoms. The minimum absolute atomic E-state index is 0.700. The van der Waals surface area contributed by atoms with Crippen LogP contribution in [0.2, 0.25) is 6.32 Å². The van der Waals surface area contributed by atoms with E-state index < -0.39 is 0 Å². The van der Waals surface area contributed by atoms with Gasteiger partial charge in [0.05, 0.1) is 7.85 Å². The average molecular weight is 323 g/mol. The van der Waals surface area contributed by atoms with Crippen molar-refractivity contribution in [2.75, 3.05) is 13.1 Å². The van der Waals surface area contributed by atoms with Crippen LogP contribution in [0, 0.1) is 5.92 Å². The van der Waals surface area contributed by atoms with Gasteiger partial charge in [-0.25, -0.2) is 0 Å². The van der Waals surface area contributed by atoms with Crippen LogP contribution in [-0.2, 0) is 6.42 Å². The van der Waals surface area contributed by atoms with Crippen molar-refractivity contribution >= 4 is 7.85 Å². The molecule has 1 aliphatic heterocycles. The molecular weight excluding hydrogens is 289 g/mol. The molecule has 2 heteroatoms. The van der Waals surface area contributed by atoms with Gasteiger partial charge < -0.3 is 0 Å². The third kappa shape index (κ3) is 5.51. The molecule has 2 aliphatic rings. The fourth-order valence-electron chi connectivity index (χ4n) is 4.04. The van der Waals surface area contributed by atoms with Gasteiger partial charge >= 0.3 is 0 Å². The molecule has 1 atom stereocenters. The van der Waals surface area contributed by atoms with Gasteiger partial charge in [-0.3, -0.25) is 4.90 Å². The Morgan fingerprint density at radius 2 is 1.92 bits per heavy atom. The molecular formula is C22H34BN. The van der Waals surface area contributed by atoms with Crippen LogP contribution in [0.1, 0.15) is 69.0 Å². The lowest BCUT2D eigenvalue weighted by Gasteiger charge is -2.36. The lowest BCUT2D eigenvalue weighted by molar-refractivity contribution is 0.133. The van der Waals surface area contributed by atoms with Gasteiger partial charge in [-0.05, 0) is 62.2 Å². The van der Waals surface area contributed by atoms with Crippen molar-refractivity contribution in [2.45, 2.75) is 70.7 Å². The topological polar surface area (TPSA) is 3.24 Å². The molecule has 0 amide bonds. The van der Waals surface area contributed by atoms with E-state index in [1.807, 2.05) is 0 Å². The number of unbranched alkanes of at least 4 members (excludes halogenated alkanes) is 2. The quantitative estimate of drug-likeness (QED) is 0.367. The number of hydrogen-bond donors (Lipinski definition) is 0. The van der Waals surface area contributed by atoms with Gasteiger partial charge in [-0.15, -0.1) is 6.58 Å². The molecule has 1 aliphatic carbocycles. The monoisotopic (exact) mass is 323 g/mol. The van der Waals surface area contributed by atoms with Crippen molar-refractivity contribution in [3.63, 3.8) is 0 Å². The normalized spacial score (nSPS) is 21.0. The van der Waals surface area contributed by atoms with Crippen LogP contribution in [-0.4, -0.2) is 25.8 Å². The van der Waals surface area contributed by atoms with Crippen molar-refractivity contribution in [3.05, 3.63) is 48.0 Å². The summed E-state index contributed by atoms with van der Waals surface area (Å²) in [5.41, 5.74) is 3.18. The summed E-state index contributed by atoms with van der Waals surface area (Å²) in [7, 11) is 5.21. The van der Waals surface area contributed by atoms with Crippen LogP contribution in [0.15, 0.2) is 36.9 Å². The van der Waals surface area contributed by atoms with Gasteiger partial charge in [0.25, 0.3) is 0 Å². The Balaban J connectivity index is 0.000000301. The molecule has 1 saturated heterocycles. The third-order valence-electron chi connectivity index (χ3n) is 5.50. The second-order valence-electron chi connectivity index (χ2n) is 7.25. The van der Waals surface area contributed by atoms with Crippen LogP contribution in [0.4, 0.5) is 0 Å². The largest absolute Gasteiger partial charge is 0.296 e. The van der Waals surface area contributed by atoms with Crippen molar-refractivity contribution in [1.29, 1.82) is 0 Å². The maximum atomic E-state index is 5.21. The SMILES string of the molecule is C=CCC1CCN(C2CCc3ccccc32)CC1.[B]CCCCC. The zero-order valence-corrected chi connectivity index (χ0v) is 15.6. The summed E-state index contributed by atoms with van der Waals surface area (Å²) in [5.74, 6) is 0.885. The number of fused-ring (bicyclic) bond motifs is 1. The van der Waals surface area contributed by atoms with Crippen molar-refractivity contribution in [3.8, 4) is 0 Å². The predicted molar refractivity (Wildman–Crippen MR) is 107 cm³/mol. The number of likely N-dealkylation sites (tertiary alicyclic amines) is 1. The zero-order chi connectivity index (χ0) is 17.2. The van der Waals surface area contributed by atoms with Crippen molar-refractivity contribution < 1.29 is 0 Å². The summed E-state index contributed by atoms with van der Waals surface area (Å²) in [6, 6.07) is 9.72. The first-order chi connectivity index (χ1) is 11.8. The molecule has 0 N–H and O–H groups in total. The Bertz CT molecular complexity index is 473. The Morgan fingerprint density at radius 1 is 1.17 bits per heavy atom. The molecule has 0 aromatic heterocycles. The Morgan fingerprint density at radius 3 is 2.54 bits per heavy atom. The summed E-state index contributed by atoms with van der Waals surface area (Å²) >= 11 is 0. The summed E-state index contributed by atoms with van der Waals surface area (Å²) in [6.45, 7) is 8.59. The standard InChI is InChI=1S/C17H23N.C5H11B/c1-2-5-14-10-12-18(13-11-14)17-9-8-15-6-3-4-7-16(15)17;1-2-3-4-5-6/h2-4,6-7,14,17H,1,5,8-13H2;2-5H2,1H3. The highest BCUT2D eigenvalue weighted by Crippen LogP contribution is 2.37. The van der Waals surface area contributed by atoms with Gasteiger partial charge in [0.15, 0.2) is 0 Å². The fraction of sp³-hybridized carbons (Fsp3) is 0.636. The highest BCUT2D eigenvalue weighted by Gasteiger charge is 2.30. The third-order valence-corrected chi connectivity index (χ3v) is 5.50. The lowest BCUT2D eigenvalue weighted by Crippen LogP contribution is -2.35. The maximum absolute atomic E-state index is 5.21. The minimum Gasteiger partial charge on any atom is -0.296 e. The number of aryl methyl sites for hydroxylation is 1. The number of piperidine rings is 1. The van der Waals surface area contributed by atoms with E-state index >= 15 is 0 Å². The first kappa shape index (κ1) is 19.3. The lowest BCUT2D eigenvalue weighted by atomic mass is 9.92. The molecule has 1 aromatic carbocycles. The Labute approximate surface area is 150 Å². The van der Waals surface area contributed by atoms with E-state index in [0.717, 1.165) is 12.2 Å². The number of hydrogen-bond acceptors (Lipinski definition) is 1. The molecule has 0 saturated carbocycles. The summed E-state index contributed by atoms with van der Waals surface area (Å²) < 4.78 is 0. The van der Waals surface area contributed by atoms with E-state index in [0.29, 0.717) is 6.04 Å². The van der Waals surface area contributed by atoms with Gasteiger partial charge in [-0.2, -0.15) is 0 Å². The summed E-state index contributed by atoms with van der Waals surface area (Å²) in [6.07, 6.45) is 13.2. The Kier molecular flexibility index (Phi) is 8.66. The van der Waals surface area contributed by atoms with Crippen LogP contribution < -0.4 is 0 Å². The first-order valence-corrected chi connectivity index (χ1v) is 9.93. The van der Waals surface area contributed by atoms with E-state index in [-0.39, 0.29) is 0 Å². The van der Waals surface area contributed by atoms with Gasteiger partial charge in [0.2, 0.25) is 0 Å². The second kappa shape index (κ2) is 10.8. The minimum atomic E-state index is 0.700. The molecule has 1 heterocycles. The van der Waals surface area contributed by atoms with E-state index in [2.05, 4.69) is 48.7 Å². The second-order valence-corrected chi connectivity index (χ2v) is 7.25. The van der Waals surface area contributed by atoms with Gasteiger partial charge in [-0.1, -0.05) is 62.8 Å². The smallest absolute Gasteiger partial charge is 0.0653 e. The molecule has 0 spiro atoms. The average Bonchev–Trinajstić information content (AvgIpc) is 3.06. The molecule has 0 bridgehead atoms. The maximum Gasteiger partial charge on any atom is 0.0653 e. The van der Waals surface area contributed by atoms with Crippen LogP contribution in [0.25, 0.3) is 0 Å². The van der Waals surface area contributed by atoms with Crippen molar-refractivity contribution in [2.24, 2.45) is 5.92 Å². The van der Waals surface area contributed by atoms with E-state index in [9.17, 15) is 0 Å². The summed E-state index contributed by atoms with van der Waals surface area (Å²) in [4.78, 5) is 2.71. The molecule has 1 fully saturated rings. The predicted octanol–water partition coefficient (Wildman–Crippen LogP) is 5.73. The van der Waals surface area contributed by atoms with E-state index in [1.54, 1.807) is 11.1 Å². The fourth-order valence-corrected chi connectivity index (χ4v) is 4.04. The molecule has 130 valence electrons. The molecule has 1 nitrogen and oxygen atoms in total. The Hall–Kier alpha value is -1.02. The molecule has 1 unspecified atom stereocenters.